The maximum Gasteiger partial charge on any atom is 0.325 e. The molecule has 0 saturated heterocycles. The van der Waals surface area contributed by atoms with Crippen molar-refractivity contribution in [3.05, 3.63) is 0 Å². The van der Waals surface area contributed by atoms with E-state index in [9.17, 15) is 23.2 Å². The monoisotopic (exact) mass is 368 g/mol. The summed E-state index contributed by atoms with van der Waals surface area (Å²) in [4.78, 5) is 24.0. The Morgan fingerprint density at radius 2 is 1.25 bits per heavy atom. The van der Waals surface area contributed by atoms with Crippen molar-refractivity contribution in [3.63, 3.8) is 0 Å². The number of carbonyl (C=O) groups is 2. The predicted molar refractivity (Wildman–Crippen MR) is 93.9 cm³/mol. The first-order valence-electron chi connectivity index (χ1n) is 8.22. The van der Waals surface area contributed by atoms with Gasteiger partial charge in [0.2, 0.25) is 0 Å². The smallest absolute Gasteiger partial charge is 0.325 e. The Bertz CT molecular complexity index is 404. The lowest BCUT2D eigenvalue weighted by Crippen LogP contribution is -2.34. The molecule has 8 heteroatoms. The Morgan fingerprint density at radius 3 is 1.62 bits per heavy atom. The lowest BCUT2D eigenvalue weighted by atomic mass is 10.1. The number of carbonyl (C=O) groups excluding carboxylic acids is 2. The molecule has 0 aliphatic rings. The molecule has 0 fully saturated rings. The maximum absolute atomic E-state index is 12.1. The minimum absolute atomic E-state index is 0.280. The molecular formula is C16H32O7S. The summed E-state index contributed by atoms with van der Waals surface area (Å²) in [5.41, 5.74) is 0. The van der Waals surface area contributed by atoms with E-state index in [1.807, 2.05) is 27.7 Å². The number of hydrogen-bond donors (Lipinski definition) is 3. The lowest BCUT2D eigenvalue weighted by molar-refractivity contribution is -0.155. The number of rotatable bonds is 10. The summed E-state index contributed by atoms with van der Waals surface area (Å²) in [5.74, 6) is -1.19. The van der Waals surface area contributed by atoms with Gasteiger partial charge in [-0.15, -0.1) is 0 Å². The van der Waals surface area contributed by atoms with E-state index in [1.54, 1.807) is 13.8 Å². The van der Waals surface area contributed by atoms with Gasteiger partial charge in [0.05, 0.1) is 29.5 Å². The molecule has 0 aliphatic carbocycles. The van der Waals surface area contributed by atoms with Crippen LogP contribution in [0, 0.1) is 11.8 Å². The molecule has 0 rings (SSSR count). The molecule has 0 heterocycles. The molecule has 0 radical (unpaired) electrons. The van der Waals surface area contributed by atoms with Crippen molar-refractivity contribution < 1.29 is 32.7 Å². The fraction of sp³-hybridized carbons (Fsp3) is 0.875. The number of esters is 2. The highest BCUT2D eigenvalue weighted by Crippen LogP contribution is 2.42. The molecule has 24 heavy (non-hydrogen) atoms. The second-order valence-corrected chi connectivity index (χ2v) is 8.75. The third kappa shape index (κ3) is 10.1. The van der Waals surface area contributed by atoms with Crippen LogP contribution in [0.15, 0.2) is 0 Å². The van der Waals surface area contributed by atoms with Crippen LogP contribution in [0.3, 0.4) is 0 Å². The molecule has 0 saturated carbocycles. The molecule has 0 spiro atoms. The van der Waals surface area contributed by atoms with E-state index in [2.05, 4.69) is 0 Å². The van der Waals surface area contributed by atoms with Gasteiger partial charge in [-0.1, -0.05) is 27.7 Å². The van der Waals surface area contributed by atoms with Crippen LogP contribution < -0.4 is 0 Å². The zero-order chi connectivity index (χ0) is 19.1. The van der Waals surface area contributed by atoms with Gasteiger partial charge in [0, 0.05) is 0 Å². The molecular weight excluding hydrogens is 336 g/mol. The standard InChI is InChI=1S/C16H32O7S/c1-10(2)7-12(5)22-15(17)9-14(24(19,20)21)16(18)23-13(6)8-11(3)4/h10-14,19-21H,7-9H2,1-6H3. The quantitative estimate of drug-likeness (QED) is 0.501. The number of ether oxygens (including phenoxy) is 2. The van der Waals surface area contributed by atoms with Crippen molar-refractivity contribution >= 4 is 22.8 Å². The zero-order valence-corrected chi connectivity index (χ0v) is 16.2. The molecule has 0 aromatic rings. The van der Waals surface area contributed by atoms with E-state index < -0.39 is 40.6 Å². The summed E-state index contributed by atoms with van der Waals surface area (Å²) in [6.07, 6.45) is -0.248. The van der Waals surface area contributed by atoms with E-state index >= 15 is 0 Å². The van der Waals surface area contributed by atoms with Crippen LogP contribution in [0.1, 0.15) is 60.8 Å². The van der Waals surface area contributed by atoms with Gasteiger partial charge in [-0.3, -0.25) is 9.59 Å². The Balaban J connectivity index is 4.78. The highest BCUT2D eigenvalue weighted by Gasteiger charge is 2.39. The van der Waals surface area contributed by atoms with Crippen LogP contribution in [0.5, 0.6) is 0 Å². The molecule has 0 aromatic carbocycles. The van der Waals surface area contributed by atoms with Gasteiger partial charge < -0.3 is 23.1 Å². The van der Waals surface area contributed by atoms with Gasteiger partial charge in [0.25, 0.3) is 0 Å². The molecule has 3 atom stereocenters. The van der Waals surface area contributed by atoms with E-state index in [1.165, 1.54) is 0 Å². The molecule has 3 N–H and O–H groups in total. The minimum atomic E-state index is -4.27. The Morgan fingerprint density at radius 1 is 0.833 bits per heavy atom. The van der Waals surface area contributed by atoms with E-state index in [0.717, 1.165) is 0 Å². The highest BCUT2D eigenvalue weighted by molar-refractivity contribution is 8.20. The molecule has 144 valence electrons. The SMILES string of the molecule is CC(C)CC(C)OC(=O)CC(C(=O)OC(C)CC(C)C)S(O)(O)O. The third-order valence-corrected chi connectivity index (χ3v) is 4.38. The summed E-state index contributed by atoms with van der Waals surface area (Å²) in [6, 6.07) is 0. The van der Waals surface area contributed by atoms with Crippen molar-refractivity contribution in [1.82, 2.24) is 0 Å². The second kappa shape index (κ2) is 10.2. The van der Waals surface area contributed by atoms with E-state index in [4.69, 9.17) is 9.47 Å². The molecule has 0 bridgehead atoms. The molecule has 0 aliphatic heterocycles. The van der Waals surface area contributed by atoms with E-state index in [-0.39, 0.29) is 12.0 Å². The van der Waals surface area contributed by atoms with Crippen LogP contribution in [-0.2, 0) is 19.1 Å². The average molecular weight is 368 g/mol. The van der Waals surface area contributed by atoms with Crippen molar-refractivity contribution in [2.45, 2.75) is 78.3 Å². The third-order valence-electron chi connectivity index (χ3n) is 3.25. The summed E-state index contributed by atoms with van der Waals surface area (Å²) in [7, 11) is -4.27. The minimum Gasteiger partial charge on any atom is -0.463 e. The van der Waals surface area contributed by atoms with Crippen LogP contribution in [-0.4, -0.2) is 43.1 Å². The van der Waals surface area contributed by atoms with Crippen molar-refractivity contribution in [3.8, 4) is 0 Å². The topological polar surface area (TPSA) is 113 Å². The van der Waals surface area contributed by atoms with Gasteiger partial charge in [-0.05, 0) is 38.5 Å². The normalized spacial score (nSPS) is 16.6. The fourth-order valence-electron chi connectivity index (χ4n) is 2.45. The van der Waals surface area contributed by atoms with Crippen molar-refractivity contribution in [2.24, 2.45) is 11.8 Å². The van der Waals surface area contributed by atoms with Gasteiger partial charge in [-0.2, -0.15) is 0 Å². The van der Waals surface area contributed by atoms with Crippen LogP contribution in [0.4, 0.5) is 0 Å². The van der Waals surface area contributed by atoms with Crippen molar-refractivity contribution in [1.29, 1.82) is 0 Å². The molecule has 0 aromatic heterocycles. The summed E-state index contributed by atoms with van der Waals surface area (Å²) >= 11 is 0. The maximum atomic E-state index is 12.1. The summed E-state index contributed by atoms with van der Waals surface area (Å²) in [6.45, 7) is 11.2. The van der Waals surface area contributed by atoms with Crippen LogP contribution in [0.25, 0.3) is 0 Å². The van der Waals surface area contributed by atoms with Crippen LogP contribution in [0.2, 0.25) is 0 Å². The van der Waals surface area contributed by atoms with Crippen LogP contribution >= 0.6 is 10.9 Å². The number of hydrogen-bond acceptors (Lipinski definition) is 7. The Kier molecular flexibility index (Phi) is 9.87. The second-order valence-electron chi connectivity index (χ2n) is 7.06. The Hall–Kier alpha value is -0.830. The Labute approximate surface area is 146 Å². The van der Waals surface area contributed by atoms with Crippen molar-refractivity contribution in [2.75, 3.05) is 0 Å². The molecule has 7 nitrogen and oxygen atoms in total. The van der Waals surface area contributed by atoms with E-state index in [0.29, 0.717) is 18.8 Å². The summed E-state index contributed by atoms with van der Waals surface area (Å²) in [5, 5.41) is -1.74. The first-order valence-corrected chi connectivity index (χ1v) is 9.79. The summed E-state index contributed by atoms with van der Waals surface area (Å²) < 4.78 is 38.6. The lowest BCUT2D eigenvalue weighted by Gasteiger charge is -2.29. The largest absolute Gasteiger partial charge is 0.463 e. The highest BCUT2D eigenvalue weighted by atomic mass is 32.3. The van der Waals surface area contributed by atoms with Gasteiger partial charge in [0.1, 0.15) is 0 Å². The van der Waals surface area contributed by atoms with Gasteiger partial charge >= 0.3 is 11.9 Å². The predicted octanol–water partition coefficient (Wildman–Crippen LogP) is 3.92. The first-order chi connectivity index (χ1) is 10.8. The zero-order valence-electron chi connectivity index (χ0n) is 15.4. The van der Waals surface area contributed by atoms with Gasteiger partial charge in [0.15, 0.2) is 5.25 Å². The van der Waals surface area contributed by atoms with Gasteiger partial charge in [-0.25, -0.2) is 0 Å². The first kappa shape index (κ1) is 23.2. The molecule has 0 amide bonds. The molecule has 3 unspecified atom stereocenters. The average Bonchev–Trinajstić information content (AvgIpc) is 2.31. The fourth-order valence-corrected chi connectivity index (χ4v) is 3.12.